The van der Waals surface area contributed by atoms with E-state index in [-0.39, 0.29) is 17.2 Å². The van der Waals surface area contributed by atoms with E-state index >= 15 is 0 Å². The molecule has 0 radical (unpaired) electrons. The number of pyridine rings is 1. The van der Waals surface area contributed by atoms with Gasteiger partial charge in [0.15, 0.2) is 0 Å². The highest BCUT2D eigenvalue weighted by Gasteiger charge is 2.32. The zero-order chi connectivity index (χ0) is 20.8. The fraction of sp³-hybridized carbons (Fsp3) is 0.208. The fourth-order valence-electron chi connectivity index (χ4n) is 3.45. The van der Waals surface area contributed by atoms with Crippen LogP contribution < -0.4 is 5.32 Å². The number of aromatic nitrogens is 1. The molecule has 0 bridgehead atoms. The van der Waals surface area contributed by atoms with Crippen molar-refractivity contribution >= 4 is 23.6 Å². The molecule has 2 aromatic carbocycles. The molecule has 30 heavy (non-hydrogen) atoms. The summed E-state index contributed by atoms with van der Waals surface area (Å²) in [4.78, 5) is 30.8. The highest BCUT2D eigenvalue weighted by Crippen LogP contribution is 2.38. The van der Waals surface area contributed by atoms with Crippen LogP contribution in [0, 0.1) is 0 Å². The Hall–Kier alpha value is -3.12. The third-order valence-electron chi connectivity index (χ3n) is 5.09. The Morgan fingerprint density at radius 2 is 1.80 bits per heavy atom. The number of nitrogens with one attached hydrogen (secondary N) is 1. The third-order valence-corrected chi connectivity index (χ3v) is 6.34. The first-order valence-corrected chi connectivity index (χ1v) is 11.0. The quantitative estimate of drug-likeness (QED) is 0.635. The van der Waals surface area contributed by atoms with Gasteiger partial charge in [-0.2, -0.15) is 0 Å². The molecule has 3 aromatic rings. The van der Waals surface area contributed by atoms with Crippen LogP contribution in [0.2, 0.25) is 0 Å². The van der Waals surface area contributed by atoms with Crippen LogP contribution >= 0.6 is 11.8 Å². The lowest BCUT2D eigenvalue weighted by Gasteiger charge is -2.24. The molecule has 4 rings (SSSR count). The van der Waals surface area contributed by atoms with Gasteiger partial charge in [-0.15, -0.1) is 11.8 Å². The summed E-state index contributed by atoms with van der Waals surface area (Å²) in [5.41, 5.74) is 3.83. The van der Waals surface area contributed by atoms with Crippen LogP contribution in [0.15, 0.2) is 79.1 Å². The number of amides is 2. The average Bonchev–Trinajstić information content (AvgIpc) is 3.18. The van der Waals surface area contributed by atoms with E-state index in [1.807, 2.05) is 59.5 Å². The van der Waals surface area contributed by atoms with Gasteiger partial charge in [0.25, 0.3) is 5.91 Å². The summed E-state index contributed by atoms with van der Waals surface area (Å²) in [6, 6.07) is 21.5. The van der Waals surface area contributed by atoms with Gasteiger partial charge in [0, 0.05) is 31.0 Å². The number of benzene rings is 2. The molecular formula is C24H23N3O2S. The standard InChI is InChI=1S/C24H23N3O2S/c28-22-17-30-24(27(22)14-12-18-5-2-1-3-6-18)21-10-8-20(9-11-21)23(29)26-16-19-7-4-13-25-15-19/h1-11,13,15,24H,12,14,16-17H2,(H,26,29). The molecule has 1 saturated heterocycles. The Morgan fingerprint density at radius 3 is 2.53 bits per heavy atom. The molecule has 2 amide bonds. The second-order valence-electron chi connectivity index (χ2n) is 7.15. The Kier molecular flexibility index (Phi) is 6.44. The molecule has 1 N–H and O–H groups in total. The van der Waals surface area contributed by atoms with Crippen molar-refractivity contribution in [1.82, 2.24) is 15.2 Å². The first kappa shape index (κ1) is 20.2. The molecule has 1 unspecified atom stereocenters. The second kappa shape index (κ2) is 9.59. The van der Waals surface area contributed by atoms with E-state index < -0.39 is 0 Å². The van der Waals surface area contributed by atoms with Crippen molar-refractivity contribution in [2.45, 2.75) is 18.3 Å². The van der Waals surface area contributed by atoms with Crippen LogP contribution in [0.25, 0.3) is 0 Å². The van der Waals surface area contributed by atoms with Gasteiger partial charge in [-0.25, -0.2) is 0 Å². The third kappa shape index (κ3) is 4.89. The first-order chi connectivity index (χ1) is 14.7. The molecule has 2 heterocycles. The zero-order valence-corrected chi connectivity index (χ0v) is 17.3. The van der Waals surface area contributed by atoms with Gasteiger partial charge < -0.3 is 10.2 Å². The number of carbonyl (C=O) groups excluding carboxylic acids is 2. The van der Waals surface area contributed by atoms with Gasteiger partial charge >= 0.3 is 0 Å². The Morgan fingerprint density at radius 1 is 1.03 bits per heavy atom. The molecule has 0 spiro atoms. The number of hydrogen-bond donors (Lipinski definition) is 1. The predicted octanol–water partition coefficient (Wildman–Crippen LogP) is 3.83. The summed E-state index contributed by atoms with van der Waals surface area (Å²) >= 11 is 1.64. The first-order valence-electron chi connectivity index (χ1n) is 9.93. The molecule has 152 valence electrons. The zero-order valence-electron chi connectivity index (χ0n) is 16.5. The monoisotopic (exact) mass is 417 g/mol. The molecular weight excluding hydrogens is 394 g/mol. The van der Waals surface area contributed by atoms with E-state index in [1.165, 1.54) is 5.56 Å². The molecule has 1 aliphatic heterocycles. The van der Waals surface area contributed by atoms with E-state index in [2.05, 4.69) is 22.4 Å². The smallest absolute Gasteiger partial charge is 0.251 e. The lowest BCUT2D eigenvalue weighted by Crippen LogP contribution is -2.30. The minimum Gasteiger partial charge on any atom is -0.348 e. The number of hydrogen-bond acceptors (Lipinski definition) is 4. The maximum atomic E-state index is 12.4. The van der Waals surface area contributed by atoms with Gasteiger partial charge in [-0.3, -0.25) is 14.6 Å². The van der Waals surface area contributed by atoms with Crippen LogP contribution in [0.5, 0.6) is 0 Å². The van der Waals surface area contributed by atoms with Crippen molar-refractivity contribution in [3.8, 4) is 0 Å². The van der Waals surface area contributed by atoms with Crippen LogP contribution in [0.3, 0.4) is 0 Å². The summed E-state index contributed by atoms with van der Waals surface area (Å²) < 4.78 is 0. The number of carbonyl (C=O) groups is 2. The largest absolute Gasteiger partial charge is 0.348 e. The van der Waals surface area contributed by atoms with Gasteiger partial charge in [-0.05, 0) is 41.3 Å². The summed E-state index contributed by atoms with van der Waals surface area (Å²) in [6.07, 6.45) is 4.28. The van der Waals surface area contributed by atoms with E-state index in [0.717, 1.165) is 17.5 Å². The highest BCUT2D eigenvalue weighted by atomic mass is 32.2. The lowest BCUT2D eigenvalue weighted by atomic mass is 10.1. The summed E-state index contributed by atoms with van der Waals surface area (Å²) in [5.74, 6) is 0.535. The minimum atomic E-state index is -0.124. The van der Waals surface area contributed by atoms with Crippen molar-refractivity contribution in [2.24, 2.45) is 0 Å². The van der Waals surface area contributed by atoms with Gasteiger partial charge in [0.05, 0.1) is 5.75 Å². The fourth-order valence-corrected chi connectivity index (χ4v) is 4.67. The molecule has 0 saturated carbocycles. The van der Waals surface area contributed by atoms with Crippen LogP contribution in [-0.4, -0.2) is 34.0 Å². The van der Waals surface area contributed by atoms with Gasteiger partial charge in [0.2, 0.25) is 5.91 Å². The van der Waals surface area contributed by atoms with Crippen molar-refractivity contribution in [3.05, 3.63) is 101 Å². The Bertz CT molecular complexity index is 994. The van der Waals surface area contributed by atoms with E-state index in [4.69, 9.17) is 0 Å². The van der Waals surface area contributed by atoms with Gasteiger partial charge in [-0.1, -0.05) is 48.5 Å². The molecule has 6 heteroatoms. The van der Waals surface area contributed by atoms with Crippen molar-refractivity contribution in [2.75, 3.05) is 12.3 Å². The average molecular weight is 418 g/mol. The Labute approximate surface area is 180 Å². The second-order valence-corrected chi connectivity index (χ2v) is 8.22. The van der Waals surface area contributed by atoms with Crippen molar-refractivity contribution in [3.63, 3.8) is 0 Å². The lowest BCUT2D eigenvalue weighted by molar-refractivity contribution is -0.128. The Balaban J connectivity index is 1.38. The molecule has 5 nitrogen and oxygen atoms in total. The summed E-state index contributed by atoms with van der Waals surface area (Å²) in [7, 11) is 0. The van der Waals surface area contributed by atoms with E-state index in [9.17, 15) is 9.59 Å². The number of rotatable bonds is 7. The molecule has 1 fully saturated rings. The van der Waals surface area contributed by atoms with Crippen LogP contribution in [0.1, 0.15) is 32.4 Å². The number of thioether (sulfide) groups is 1. The highest BCUT2D eigenvalue weighted by molar-refractivity contribution is 8.00. The predicted molar refractivity (Wildman–Crippen MR) is 119 cm³/mol. The molecule has 1 aliphatic rings. The minimum absolute atomic E-state index is 0.00582. The summed E-state index contributed by atoms with van der Waals surface area (Å²) in [5, 5.41) is 2.90. The molecule has 1 atom stereocenters. The summed E-state index contributed by atoms with van der Waals surface area (Å²) in [6.45, 7) is 1.13. The van der Waals surface area contributed by atoms with Gasteiger partial charge in [0.1, 0.15) is 5.37 Å². The normalized spacial score (nSPS) is 15.9. The van der Waals surface area contributed by atoms with Crippen molar-refractivity contribution < 1.29 is 9.59 Å². The van der Waals surface area contributed by atoms with E-state index in [1.54, 1.807) is 24.2 Å². The molecule has 1 aromatic heterocycles. The van der Waals surface area contributed by atoms with E-state index in [0.29, 0.717) is 24.4 Å². The SMILES string of the molecule is O=C(NCc1cccnc1)c1ccc(C2SCC(=O)N2CCc2ccccc2)cc1. The molecule has 0 aliphatic carbocycles. The maximum Gasteiger partial charge on any atom is 0.251 e. The maximum absolute atomic E-state index is 12.4. The topological polar surface area (TPSA) is 62.3 Å². The van der Waals surface area contributed by atoms with Crippen molar-refractivity contribution in [1.29, 1.82) is 0 Å². The van der Waals surface area contributed by atoms with Crippen LogP contribution in [0.4, 0.5) is 0 Å². The number of nitrogens with zero attached hydrogens (tertiary/aromatic N) is 2. The van der Waals surface area contributed by atoms with Crippen LogP contribution in [-0.2, 0) is 17.8 Å².